The Morgan fingerprint density at radius 3 is 2.62 bits per heavy atom. The monoisotopic (exact) mass is 237 g/mol. The fourth-order valence-electron chi connectivity index (χ4n) is 1.34. The van der Waals surface area contributed by atoms with Crippen molar-refractivity contribution in [2.75, 3.05) is 19.8 Å². The Balaban J connectivity index is 1.86. The van der Waals surface area contributed by atoms with Crippen molar-refractivity contribution in [1.82, 2.24) is 0 Å². The normalized spacial score (nSPS) is 15.8. The second-order valence-electron chi connectivity index (χ2n) is 3.18. The molecule has 0 aromatic heterocycles. The van der Waals surface area contributed by atoms with Crippen LogP contribution in [0.5, 0.6) is 5.75 Å². The first-order chi connectivity index (χ1) is 7.88. The number of hydrogen-bond acceptors (Lipinski definition) is 5. The van der Waals surface area contributed by atoms with Crippen LogP contribution in [0.4, 0.5) is 5.69 Å². The fraction of sp³-hybridized carbons (Fsp3) is 0.364. The van der Waals surface area contributed by atoms with Crippen LogP contribution in [0.3, 0.4) is 0 Å². The molecule has 1 saturated heterocycles. The molecule has 1 aromatic rings. The minimum atomic E-state index is -0.251. The predicted molar refractivity (Wildman–Crippen MR) is 62.3 cm³/mol. The molecule has 0 spiro atoms. The van der Waals surface area contributed by atoms with Gasteiger partial charge in [-0.15, -0.1) is 0 Å². The van der Waals surface area contributed by atoms with E-state index in [1.165, 1.54) is 0 Å². The molecule has 84 valence electrons. The summed E-state index contributed by atoms with van der Waals surface area (Å²) in [6.45, 7) is 1.67. The lowest BCUT2D eigenvalue weighted by molar-refractivity contribution is -0.0684. The molecule has 5 heteroatoms. The third kappa shape index (κ3) is 3.12. The molecule has 0 atom stereocenters. The van der Waals surface area contributed by atoms with Crippen LogP contribution in [0.25, 0.3) is 0 Å². The zero-order valence-electron chi connectivity index (χ0n) is 8.59. The minimum Gasteiger partial charge on any atom is -0.488 e. The van der Waals surface area contributed by atoms with E-state index in [1.54, 1.807) is 0 Å². The van der Waals surface area contributed by atoms with Crippen LogP contribution in [-0.4, -0.2) is 31.3 Å². The van der Waals surface area contributed by atoms with Gasteiger partial charge in [-0.25, -0.2) is 0 Å². The van der Waals surface area contributed by atoms with Gasteiger partial charge in [0.15, 0.2) is 6.29 Å². The Labute approximate surface area is 98.8 Å². The number of hydrogen-bond donors (Lipinski definition) is 0. The first kappa shape index (κ1) is 11.2. The standard InChI is InChI=1S/C11H11NO3S/c16-8-12-9-1-3-10(4-2-9)15-7-11-13-5-6-14-11/h1-4,11H,5-7H2. The molecule has 0 amide bonds. The Hall–Kier alpha value is -1.26. The van der Waals surface area contributed by atoms with Crippen molar-refractivity contribution in [1.29, 1.82) is 0 Å². The Bertz CT molecular complexity index is 381. The summed E-state index contributed by atoms with van der Waals surface area (Å²) in [5.74, 6) is 0.752. The van der Waals surface area contributed by atoms with Gasteiger partial charge in [0.25, 0.3) is 0 Å². The predicted octanol–water partition coefficient (Wildman–Crippen LogP) is 2.17. The smallest absolute Gasteiger partial charge is 0.191 e. The molecule has 0 aliphatic carbocycles. The largest absolute Gasteiger partial charge is 0.488 e. The van der Waals surface area contributed by atoms with E-state index in [0.29, 0.717) is 19.8 Å². The fourth-order valence-corrected chi connectivity index (χ4v) is 1.44. The van der Waals surface area contributed by atoms with E-state index in [9.17, 15) is 0 Å². The van der Waals surface area contributed by atoms with Crippen LogP contribution < -0.4 is 4.74 Å². The number of benzene rings is 1. The van der Waals surface area contributed by atoms with E-state index in [2.05, 4.69) is 22.4 Å². The van der Waals surface area contributed by atoms with Gasteiger partial charge in [0, 0.05) is 0 Å². The second-order valence-corrected chi connectivity index (χ2v) is 3.36. The molecular weight excluding hydrogens is 226 g/mol. The summed E-state index contributed by atoms with van der Waals surface area (Å²) < 4.78 is 16.0. The molecule has 1 aliphatic rings. The first-order valence-electron chi connectivity index (χ1n) is 4.92. The summed E-state index contributed by atoms with van der Waals surface area (Å²) in [5.41, 5.74) is 0.760. The van der Waals surface area contributed by atoms with Gasteiger partial charge in [-0.05, 0) is 36.5 Å². The van der Waals surface area contributed by atoms with E-state index >= 15 is 0 Å². The SMILES string of the molecule is S=C=Nc1ccc(OCC2OCCO2)cc1. The molecule has 16 heavy (non-hydrogen) atoms. The average molecular weight is 237 g/mol. The molecule has 0 saturated carbocycles. The van der Waals surface area contributed by atoms with E-state index in [-0.39, 0.29) is 6.29 Å². The van der Waals surface area contributed by atoms with Crippen molar-refractivity contribution in [2.24, 2.45) is 4.99 Å². The molecule has 0 radical (unpaired) electrons. The van der Waals surface area contributed by atoms with Gasteiger partial charge < -0.3 is 14.2 Å². The molecule has 4 nitrogen and oxygen atoms in total. The lowest BCUT2D eigenvalue weighted by Gasteiger charge is -2.10. The van der Waals surface area contributed by atoms with Crippen LogP contribution in [0.2, 0.25) is 0 Å². The van der Waals surface area contributed by atoms with Gasteiger partial charge >= 0.3 is 0 Å². The summed E-state index contributed by atoms with van der Waals surface area (Å²) in [5, 5.41) is 2.31. The number of ether oxygens (including phenoxy) is 3. The number of aliphatic imine (C=N–C) groups is 1. The molecule has 0 unspecified atom stereocenters. The van der Waals surface area contributed by atoms with Crippen molar-refractivity contribution < 1.29 is 14.2 Å². The number of nitrogens with zero attached hydrogens (tertiary/aromatic N) is 1. The molecule has 2 rings (SSSR count). The van der Waals surface area contributed by atoms with Crippen LogP contribution in [0, 0.1) is 0 Å². The van der Waals surface area contributed by atoms with Crippen molar-refractivity contribution in [3.63, 3.8) is 0 Å². The summed E-state index contributed by atoms with van der Waals surface area (Å²) in [7, 11) is 0. The van der Waals surface area contributed by atoms with Gasteiger partial charge in [0.2, 0.25) is 0 Å². The summed E-state index contributed by atoms with van der Waals surface area (Å²) >= 11 is 4.51. The highest BCUT2D eigenvalue weighted by atomic mass is 32.1. The maximum Gasteiger partial charge on any atom is 0.191 e. The highest BCUT2D eigenvalue weighted by Gasteiger charge is 2.16. The first-order valence-corrected chi connectivity index (χ1v) is 5.33. The van der Waals surface area contributed by atoms with Crippen LogP contribution in [0.15, 0.2) is 29.3 Å². The zero-order chi connectivity index (χ0) is 11.2. The minimum absolute atomic E-state index is 0.251. The highest BCUT2D eigenvalue weighted by molar-refractivity contribution is 7.78. The maximum absolute atomic E-state index is 5.48. The van der Waals surface area contributed by atoms with Gasteiger partial charge in [0.05, 0.1) is 24.1 Å². The van der Waals surface area contributed by atoms with Crippen LogP contribution >= 0.6 is 12.2 Å². The van der Waals surface area contributed by atoms with Crippen molar-refractivity contribution >= 4 is 23.1 Å². The summed E-state index contributed by atoms with van der Waals surface area (Å²) in [6.07, 6.45) is -0.251. The van der Waals surface area contributed by atoms with Gasteiger partial charge in [-0.1, -0.05) is 0 Å². The molecule has 1 heterocycles. The van der Waals surface area contributed by atoms with Gasteiger partial charge in [-0.3, -0.25) is 0 Å². The van der Waals surface area contributed by atoms with Crippen LogP contribution in [-0.2, 0) is 9.47 Å². The molecular formula is C11H11NO3S. The molecule has 1 fully saturated rings. The Morgan fingerprint density at radius 1 is 1.31 bits per heavy atom. The summed E-state index contributed by atoms with van der Waals surface area (Å²) in [6, 6.07) is 7.26. The number of isothiocyanates is 1. The Morgan fingerprint density at radius 2 is 2.00 bits per heavy atom. The maximum atomic E-state index is 5.48. The highest BCUT2D eigenvalue weighted by Crippen LogP contribution is 2.18. The topological polar surface area (TPSA) is 40.0 Å². The lowest BCUT2D eigenvalue weighted by atomic mass is 10.3. The molecule has 1 aromatic carbocycles. The van der Waals surface area contributed by atoms with Crippen molar-refractivity contribution in [2.45, 2.75) is 6.29 Å². The molecule has 0 bridgehead atoms. The lowest BCUT2D eigenvalue weighted by Crippen LogP contribution is -2.18. The van der Waals surface area contributed by atoms with E-state index < -0.39 is 0 Å². The van der Waals surface area contributed by atoms with Crippen LogP contribution in [0.1, 0.15) is 0 Å². The van der Waals surface area contributed by atoms with Gasteiger partial charge in [0.1, 0.15) is 12.4 Å². The quantitative estimate of drug-likeness (QED) is 0.594. The third-order valence-electron chi connectivity index (χ3n) is 2.09. The van der Waals surface area contributed by atoms with Crippen molar-refractivity contribution in [3.8, 4) is 5.75 Å². The van der Waals surface area contributed by atoms with E-state index in [0.717, 1.165) is 11.4 Å². The van der Waals surface area contributed by atoms with E-state index in [1.807, 2.05) is 24.3 Å². The number of rotatable bonds is 4. The summed E-state index contributed by atoms with van der Waals surface area (Å²) in [4.78, 5) is 3.85. The Kier molecular flexibility index (Phi) is 4.02. The second kappa shape index (κ2) is 5.72. The van der Waals surface area contributed by atoms with Gasteiger partial charge in [-0.2, -0.15) is 4.99 Å². The molecule has 0 N–H and O–H groups in total. The number of thiocarbonyl (C=S) groups is 1. The van der Waals surface area contributed by atoms with Crippen molar-refractivity contribution in [3.05, 3.63) is 24.3 Å². The zero-order valence-corrected chi connectivity index (χ0v) is 9.40. The average Bonchev–Trinajstić information content (AvgIpc) is 2.82. The van der Waals surface area contributed by atoms with E-state index in [4.69, 9.17) is 14.2 Å². The molecule has 1 aliphatic heterocycles. The third-order valence-corrected chi connectivity index (χ3v) is 2.18.